The third-order valence-electron chi connectivity index (χ3n) is 6.20. The number of rotatable bonds is 10. The first-order chi connectivity index (χ1) is 18.9. The lowest BCUT2D eigenvalue weighted by Crippen LogP contribution is -2.41. The van der Waals surface area contributed by atoms with Crippen LogP contribution in [0.2, 0.25) is 0 Å². The molecule has 1 aromatic heterocycles. The molecule has 8 nitrogen and oxygen atoms in total. The van der Waals surface area contributed by atoms with Crippen LogP contribution < -0.4 is 15.4 Å². The van der Waals surface area contributed by atoms with Crippen LogP contribution in [0.3, 0.4) is 0 Å². The predicted octanol–water partition coefficient (Wildman–Crippen LogP) is 6.44. The number of anilines is 2. The largest absolute Gasteiger partial charge is 0.492 e. The molecule has 0 atom stereocenters. The molecule has 0 spiro atoms. The van der Waals surface area contributed by atoms with Gasteiger partial charge in [0.15, 0.2) is 0 Å². The summed E-state index contributed by atoms with van der Waals surface area (Å²) in [6.07, 6.45) is 0.698. The number of nitrogens with zero attached hydrogens (tertiary/aromatic N) is 3. The van der Waals surface area contributed by atoms with Gasteiger partial charge in [-0.3, -0.25) is 4.79 Å². The number of urea groups is 1. The van der Waals surface area contributed by atoms with Crippen LogP contribution in [0.25, 0.3) is 16.8 Å². The molecule has 0 unspecified atom stereocenters. The Balaban J connectivity index is 1.61. The molecule has 8 heteroatoms. The first-order valence-electron chi connectivity index (χ1n) is 13.2. The highest BCUT2D eigenvalue weighted by Crippen LogP contribution is 2.33. The van der Waals surface area contributed by atoms with Gasteiger partial charge < -0.3 is 20.3 Å². The van der Waals surface area contributed by atoms with Crippen LogP contribution in [0.5, 0.6) is 5.75 Å². The summed E-state index contributed by atoms with van der Waals surface area (Å²) in [5.74, 6) is 0.826. The quantitative estimate of drug-likeness (QED) is 0.249. The van der Waals surface area contributed by atoms with Gasteiger partial charge in [-0.05, 0) is 57.0 Å². The van der Waals surface area contributed by atoms with Gasteiger partial charge in [0.2, 0.25) is 5.91 Å². The first kappa shape index (κ1) is 27.4. The number of aryl methyl sites for hydroxylation is 2. The van der Waals surface area contributed by atoms with E-state index in [1.165, 1.54) is 4.90 Å². The smallest absolute Gasteiger partial charge is 0.322 e. The molecule has 0 aliphatic heterocycles. The van der Waals surface area contributed by atoms with Gasteiger partial charge in [-0.2, -0.15) is 5.10 Å². The van der Waals surface area contributed by atoms with E-state index in [1.807, 2.05) is 94.4 Å². The summed E-state index contributed by atoms with van der Waals surface area (Å²) < 4.78 is 7.38. The van der Waals surface area contributed by atoms with Crippen molar-refractivity contribution >= 4 is 23.4 Å². The van der Waals surface area contributed by atoms with Gasteiger partial charge in [0.05, 0.1) is 23.7 Å². The van der Waals surface area contributed by atoms with Crippen LogP contribution in [0.4, 0.5) is 16.3 Å². The highest BCUT2D eigenvalue weighted by Gasteiger charge is 2.23. The van der Waals surface area contributed by atoms with E-state index >= 15 is 0 Å². The Morgan fingerprint density at radius 2 is 1.59 bits per heavy atom. The molecule has 39 heavy (non-hydrogen) atoms. The zero-order valence-electron chi connectivity index (χ0n) is 22.9. The van der Waals surface area contributed by atoms with Gasteiger partial charge in [-0.15, -0.1) is 0 Å². The van der Waals surface area contributed by atoms with Crippen molar-refractivity contribution in [3.63, 3.8) is 0 Å². The van der Waals surface area contributed by atoms with E-state index in [-0.39, 0.29) is 18.5 Å². The van der Waals surface area contributed by atoms with Gasteiger partial charge in [-0.1, -0.05) is 67.1 Å². The molecule has 3 aromatic carbocycles. The highest BCUT2D eigenvalue weighted by molar-refractivity contribution is 5.99. The van der Waals surface area contributed by atoms with Crippen LogP contribution in [-0.2, 0) is 4.79 Å². The maximum atomic E-state index is 13.5. The molecule has 2 N–H and O–H groups in total. The SMILES string of the molecule is CCCN(CC(=O)Nc1c(-c2ccccc2)c(C)nn1-c1ccc(C)cc1)C(=O)Nc1ccccc1OCC. The van der Waals surface area contributed by atoms with E-state index in [0.29, 0.717) is 36.8 Å². The van der Waals surface area contributed by atoms with Gasteiger partial charge in [0.1, 0.15) is 18.1 Å². The van der Waals surface area contributed by atoms with Crippen molar-refractivity contribution in [2.24, 2.45) is 0 Å². The van der Waals surface area contributed by atoms with Crippen LogP contribution in [0, 0.1) is 13.8 Å². The maximum Gasteiger partial charge on any atom is 0.322 e. The Labute approximate surface area is 229 Å². The molecule has 0 saturated heterocycles. The molecule has 3 amide bonds. The summed E-state index contributed by atoms with van der Waals surface area (Å²) in [6, 6.07) is 24.7. The maximum absolute atomic E-state index is 13.5. The Morgan fingerprint density at radius 1 is 0.897 bits per heavy atom. The average Bonchev–Trinajstić information content (AvgIpc) is 3.25. The van der Waals surface area contributed by atoms with E-state index in [0.717, 1.165) is 28.1 Å². The summed E-state index contributed by atoms with van der Waals surface area (Å²) in [4.78, 5) is 28.2. The van der Waals surface area contributed by atoms with Gasteiger partial charge >= 0.3 is 6.03 Å². The van der Waals surface area contributed by atoms with Crippen LogP contribution in [0.1, 0.15) is 31.5 Å². The van der Waals surface area contributed by atoms with Crippen molar-refractivity contribution in [3.8, 4) is 22.6 Å². The number of para-hydroxylation sites is 2. The molecule has 0 bridgehead atoms. The molecule has 202 valence electrons. The summed E-state index contributed by atoms with van der Waals surface area (Å²) in [5.41, 5.74) is 5.08. The Kier molecular flexibility index (Phi) is 8.99. The van der Waals surface area contributed by atoms with Crippen molar-refractivity contribution in [3.05, 3.63) is 90.1 Å². The fraction of sp³-hybridized carbons (Fsp3) is 0.258. The zero-order chi connectivity index (χ0) is 27.8. The highest BCUT2D eigenvalue weighted by atomic mass is 16.5. The number of amides is 3. The minimum Gasteiger partial charge on any atom is -0.492 e. The number of hydrogen-bond acceptors (Lipinski definition) is 4. The third-order valence-corrected chi connectivity index (χ3v) is 6.20. The minimum atomic E-state index is -0.370. The second-order valence-corrected chi connectivity index (χ2v) is 9.25. The second kappa shape index (κ2) is 12.8. The monoisotopic (exact) mass is 525 g/mol. The zero-order valence-corrected chi connectivity index (χ0v) is 22.9. The van der Waals surface area contributed by atoms with Crippen LogP contribution >= 0.6 is 0 Å². The summed E-state index contributed by atoms with van der Waals surface area (Å²) in [5, 5.41) is 10.7. The summed E-state index contributed by atoms with van der Waals surface area (Å²) in [7, 11) is 0. The molecule has 0 aliphatic rings. The van der Waals surface area contributed by atoms with Crippen LogP contribution in [0.15, 0.2) is 78.9 Å². The van der Waals surface area contributed by atoms with E-state index in [1.54, 1.807) is 16.8 Å². The molecule has 0 saturated carbocycles. The standard InChI is InChI=1S/C31H35N5O3/c1-5-20-35(31(38)32-26-14-10-11-15-27(26)39-6-2)21-28(37)33-30-29(24-12-8-7-9-13-24)23(4)34-36(30)25-18-16-22(3)17-19-25/h7-19H,5-6,20-21H2,1-4H3,(H,32,38)(H,33,37). The van der Waals surface area contributed by atoms with E-state index < -0.39 is 0 Å². The molecule has 4 aromatic rings. The lowest BCUT2D eigenvalue weighted by molar-refractivity contribution is -0.116. The Morgan fingerprint density at radius 3 is 2.28 bits per heavy atom. The molecule has 4 rings (SSSR count). The summed E-state index contributed by atoms with van der Waals surface area (Å²) >= 11 is 0. The van der Waals surface area contributed by atoms with Crippen molar-refractivity contribution in [2.75, 3.05) is 30.3 Å². The summed E-state index contributed by atoms with van der Waals surface area (Å²) in [6.45, 7) is 8.58. The second-order valence-electron chi connectivity index (χ2n) is 9.25. The topological polar surface area (TPSA) is 88.5 Å². The van der Waals surface area contributed by atoms with Crippen molar-refractivity contribution in [1.82, 2.24) is 14.7 Å². The predicted molar refractivity (Wildman–Crippen MR) is 156 cm³/mol. The van der Waals surface area contributed by atoms with Crippen LogP contribution in [-0.4, -0.2) is 46.3 Å². The number of aromatic nitrogens is 2. The molecular weight excluding hydrogens is 490 g/mol. The van der Waals surface area contributed by atoms with Gasteiger partial charge in [0, 0.05) is 12.1 Å². The number of ether oxygens (including phenoxy) is 1. The van der Waals surface area contributed by atoms with E-state index in [4.69, 9.17) is 9.84 Å². The lowest BCUT2D eigenvalue weighted by atomic mass is 10.1. The van der Waals surface area contributed by atoms with Gasteiger partial charge in [-0.25, -0.2) is 9.48 Å². The number of nitrogens with one attached hydrogen (secondary N) is 2. The number of hydrogen-bond donors (Lipinski definition) is 2. The normalized spacial score (nSPS) is 10.7. The Bertz CT molecular complexity index is 1410. The fourth-order valence-electron chi connectivity index (χ4n) is 4.38. The number of benzene rings is 3. The van der Waals surface area contributed by atoms with E-state index in [9.17, 15) is 9.59 Å². The molecule has 1 heterocycles. The van der Waals surface area contributed by atoms with Crippen molar-refractivity contribution in [2.45, 2.75) is 34.1 Å². The molecule has 0 fully saturated rings. The molecular formula is C31H35N5O3. The van der Waals surface area contributed by atoms with Gasteiger partial charge in [0.25, 0.3) is 0 Å². The lowest BCUT2D eigenvalue weighted by Gasteiger charge is -2.23. The van der Waals surface area contributed by atoms with E-state index in [2.05, 4.69) is 10.6 Å². The van der Waals surface area contributed by atoms with Crippen molar-refractivity contribution in [1.29, 1.82) is 0 Å². The fourth-order valence-corrected chi connectivity index (χ4v) is 4.38. The molecule has 0 aliphatic carbocycles. The third kappa shape index (κ3) is 6.65. The Hall–Kier alpha value is -4.59. The minimum absolute atomic E-state index is 0.122. The number of carbonyl (C=O) groups is 2. The molecule has 0 radical (unpaired) electrons. The average molecular weight is 526 g/mol. The number of carbonyl (C=O) groups excluding carboxylic acids is 2. The first-order valence-corrected chi connectivity index (χ1v) is 13.2. The van der Waals surface area contributed by atoms with Crippen molar-refractivity contribution < 1.29 is 14.3 Å².